The van der Waals surface area contributed by atoms with Crippen LogP contribution in [-0.4, -0.2) is 19.7 Å². The molecule has 0 radical (unpaired) electrons. The van der Waals surface area contributed by atoms with Crippen LogP contribution in [-0.2, 0) is 16.2 Å². The van der Waals surface area contributed by atoms with Crippen molar-refractivity contribution in [2.45, 2.75) is 30.3 Å². The molecule has 1 saturated carbocycles. The van der Waals surface area contributed by atoms with E-state index in [4.69, 9.17) is 5.26 Å². The van der Waals surface area contributed by atoms with E-state index in [1.807, 2.05) is 12.2 Å². The van der Waals surface area contributed by atoms with Gasteiger partial charge in [-0.1, -0.05) is 18.2 Å². The highest BCUT2D eigenvalue weighted by atomic mass is 32.2. The maximum atomic E-state index is 13.4. The lowest BCUT2D eigenvalue weighted by Gasteiger charge is -2.29. The summed E-state index contributed by atoms with van der Waals surface area (Å²) in [5.41, 5.74) is -1.68. The fourth-order valence-electron chi connectivity index (χ4n) is 4.98. The second-order valence-electron chi connectivity index (χ2n) is 7.26. The highest BCUT2D eigenvalue weighted by Crippen LogP contribution is 2.56. The fraction of sp³-hybridized carbons (Fsp3) is 0.421. The summed E-state index contributed by atoms with van der Waals surface area (Å²) in [6.07, 6.45) is 1.95. The van der Waals surface area contributed by atoms with E-state index >= 15 is 0 Å². The minimum atomic E-state index is -4.74. The van der Waals surface area contributed by atoms with Crippen LogP contribution in [0, 0.1) is 29.1 Å². The summed E-state index contributed by atoms with van der Waals surface area (Å²) in [5, 5.41) is 8.37. The zero-order valence-corrected chi connectivity index (χ0v) is 15.0. The number of fused-ring (bicyclic) bond motifs is 5. The second-order valence-corrected chi connectivity index (χ2v) is 9.23. The van der Waals surface area contributed by atoms with Crippen molar-refractivity contribution in [2.75, 3.05) is 4.31 Å². The molecule has 0 N–H and O–H groups in total. The van der Waals surface area contributed by atoms with E-state index < -0.39 is 38.6 Å². The molecule has 0 aromatic heterocycles. The first kappa shape index (κ1) is 18.1. The first-order chi connectivity index (χ1) is 12.7. The molecule has 0 spiro atoms. The first-order valence-electron chi connectivity index (χ1n) is 8.64. The topological polar surface area (TPSA) is 61.2 Å². The smallest absolute Gasteiger partial charge is 0.266 e. The molecule has 2 aliphatic carbocycles. The predicted octanol–water partition coefficient (Wildman–Crippen LogP) is 3.86. The van der Waals surface area contributed by atoms with E-state index in [1.165, 1.54) is 12.1 Å². The third-order valence-electron chi connectivity index (χ3n) is 5.90. The van der Waals surface area contributed by atoms with Crippen molar-refractivity contribution in [3.63, 3.8) is 0 Å². The summed E-state index contributed by atoms with van der Waals surface area (Å²) in [4.78, 5) is 0. The molecular weight excluding hydrogens is 377 g/mol. The lowest BCUT2D eigenvalue weighted by Crippen LogP contribution is -2.37. The van der Waals surface area contributed by atoms with Crippen molar-refractivity contribution in [3.05, 3.63) is 54.1 Å². The van der Waals surface area contributed by atoms with E-state index in [0.717, 1.165) is 22.9 Å². The Morgan fingerprint density at radius 3 is 2.63 bits per heavy atom. The molecule has 3 aliphatic rings. The summed E-state index contributed by atoms with van der Waals surface area (Å²) < 4.78 is 67.8. The van der Waals surface area contributed by atoms with Gasteiger partial charge in [0.1, 0.15) is 0 Å². The van der Waals surface area contributed by atoms with E-state index in [1.54, 1.807) is 6.08 Å². The summed E-state index contributed by atoms with van der Waals surface area (Å²) in [5.74, 6) is -0.138. The van der Waals surface area contributed by atoms with E-state index in [2.05, 4.69) is 6.58 Å². The molecule has 27 heavy (non-hydrogen) atoms. The van der Waals surface area contributed by atoms with Gasteiger partial charge in [0.25, 0.3) is 0 Å². The van der Waals surface area contributed by atoms with Crippen LogP contribution in [0.25, 0.3) is 0 Å². The Bertz CT molecular complexity index is 978. The summed E-state index contributed by atoms with van der Waals surface area (Å²) in [6.45, 7) is 3.70. The molecule has 4 nitrogen and oxygen atoms in total. The molecule has 0 amide bonds. The fourth-order valence-corrected chi connectivity index (χ4v) is 7.68. The van der Waals surface area contributed by atoms with Crippen molar-refractivity contribution >= 4 is 15.7 Å². The molecule has 1 saturated heterocycles. The number of benzene rings is 1. The van der Waals surface area contributed by atoms with E-state index in [-0.39, 0.29) is 23.4 Å². The van der Waals surface area contributed by atoms with Gasteiger partial charge < -0.3 is 0 Å². The van der Waals surface area contributed by atoms with Crippen molar-refractivity contribution in [3.8, 4) is 6.07 Å². The number of nitrogens with zero attached hydrogens (tertiary/aromatic N) is 2. The summed E-state index contributed by atoms with van der Waals surface area (Å²) >= 11 is 0. The molecule has 1 heterocycles. The van der Waals surface area contributed by atoms with Crippen LogP contribution in [0.2, 0.25) is 0 Å². The van der Waals surface area contributed by atoms with Crippen LogP contribution in [0.4, 0.5) is 18.9 Å². The van der Waals surface area contributed by atoms with Crippen LogP contribution in [0.1, 0.15) is 24.0 Å². The van der Waals surface area contributed by atoms with Crippen molar-refractivity contribution in [2.24, 2.45) is 17.8 Å². The maximum absolute atomic E-state index is 13.4. The number of hydrogen-bond donors (Lipinski definition) is 0. The van der Waals surface area contributed by atoms with Gasteiger partial charge in [-0.3, -0.25) is 4.31 Å². The van der Waals surface area contributed by atoms with E-state index in [0.29, 0.717) is 6.42 Å². The standard InChI is InChI=1S/C19H17F3N2O2S/c1-2-3-16-17-11-4-5-12(8-11)18(17)27(25,26)24(16)14-7-6-13(10-23)15(9-14)19(20,21)22/h2,4-7,9,11-12,16-18H,1,3,8H2/t11-,12+,16+,17+,18+/m0/s1. The minimum absolute atomic E-state index is 0.0398. The Morgan fingerprint density at radius 2 is 2.00 bits per heavy atom. The van der Waals surface area contributed by atoms with Crippen LogP contribution in [0.3, 0.4) is 0 Å². The van der Waals surface area contributed by atoms with Gasteiger partial charge in [0, 0.05) is 5.92 Å². The molecule has 2 bridgehead atoms. The van der Waals surface area contributed by atoms with Crippen molar-refractivity contribution < 1.29 is 21.6 Å². The first-order valence-corrected chi connectivity index (χ1v) is 10.1. The number of allylic oxidation sites excluding steroid dienone is 2. The zero-order valence-electron chi connectivity index (χ0n) is 14.2. The number of nitriles is 1. The third-order valence-corrected chi connectivity index (χ3v) is 8.28. The van der Waals surface area contributed by atoms with Gasteiger partial charge in [-0.2, -0.15) is 18.4 Å². The molecule has 2 fully saturated rings. The summed E-state index contributed by atoms with van der Waals surface area (Å²) in [7, 11) is -3.82. The molecule has 1 aromatic carbocycles. The number of halogens is 3. The molecular formula is C19H17F3N2O2S. The van der Waals surface area contributed by atoms with Crippen molar-refractivity contribution in [1.29, 1.82) is 5.26 Å². The van der Waals surface area contributed by atoms with Gasteiger partial charge in [-0.25, -0.2) is 8.42 Å². The van der Waals surface area contributed by atoms with E-state index in [9.17, 15) is 21.6 Å². The van der Waals surface area contributed by atoms with Gasteiger partial charge in [-0.15, -0.1) is 6.58 Å². The highest BCUT2D eigenvalue weighted by Gasteiger charge is 2.62. The Morgan fingerprint density at radius 1 is 1.30 bits per heavy atom. The lowest BCUT2D eigenvalue weighted by molar-refractivity contribution is -0.137. The average molecular weight is 394 g/mol. The highest BCUT2D eigenvalue weighted by molar-refractivity contribution is 7.93. The predicted molar refractivity (Wildman–Crippen MR) is 94.2 cm³/mol. The molecule has 142 valence electrons. The lowest BCUT2D eigenvalue weighted by atomic mass is 9.84. The normalized spacial score (nSPS) is 33.1. The van der Waals surface area contributed by atoms with Crippen LogP contribution >= 0.6 is 0 Å². The van der Waals surface area contributed by atoms with Crippen LogP contribution < -0.4 is 4.31 Å². The Labute approximate surface area is 155 Å². The number of anilines is 1. The maximum Gasteiger partial charge on any atom is 0.417 e. The van der Waals surface area contributed by atoms with Gasteiger partial charge in [0.15, 0.2) is 0 Å². The zero-order chi connectivity index (χ0) is 19.6. The molecule has 5 atom stereocenters. The van der Waals surface area contributed by atoms with Gasteiger partial charge >= 0.3 is 6.18 Å². The Balaban J connectivity index is 1.86. The molecule has 0 unspecified atom stereocenters. The number of alkyl halides is 3. The molecule has 4 rings (SSSR count). The third kappa shape index (κ3) is 2.52. The molecule has 1 aromatic rings. The van der Waals surface area contributed by atoms with Gasteiger partial charge in [0.2, 0.25) is 10.0 Å². The minimum Gasteiger partial charge on any atom is -0.266 e. The monoisotopic (exact) mass is 394 g/mol. The van der Waals surface area contributed by atoms with Gasteiger partial charge in [-0.05, 0) is 42.9 Å². The quantitative estimate of drug-likeness (QED) is 0.732. The molecule has 1 aliphatic heterocycles. The number of sulfonamides is 1. The number of rotatable bonds is 3. The Hall–Kier alpha value is -2.27. The van der Waals surface area contributed by atoms with Gasteiger partial charge in [0.05, 0.1) is 34.2 Å². The molecule has 8 heteroatoms. The average Bonchev–Trinajstić information content (AvgIpc) is 3.26. The largest absolute Gasteiger partial charge is 0.417 e. The Kier molecular flexibility index (Phi) is 3.93. The summed E-state index contributed by atoms with van der Waals surface area (Å²) in [6, 6.07) is 4.17. The second kappa shape index (κ2) is 5.86. The number of hydrogen-bond acceptors (Lipinski definition) is 3. The van der Waals surface area contributed by atoms with Crippen LogP contribution in [0.15, 0.2) is 43.0 Å². The SMILES string of the molecule is C=CC[C@@H]1[C@@H]2[C@@H]([C@@H]3C=C[C@H]2C3)S(=O)(=O)N1c1ccc(C#N)c(C(F)(F)F)c1. The van der Waals surface area contributed by atoms with Crippen LogP contribution in [0.5, 0.6) is 0 Å². The van der Waals surface area contributed by atoms with Crippen molar-refractivity contribution in [1.82, 2.24) is 0 Å².